The van der Waals surface area contributed by atoms with Crippen molar-refractivity contribution in [1.82, 2.24) is 0 Å². The van der Waals surface area contributed by atoms with Gasteiger partial charge in [-0.05, 0) is 0 Å². The molecule has 1 saturated heterocycles. The summed E-state index contributed by atoms with van der Waals surface area (Å²) in [5.74, 6) is 0.428. The smallest absolute Gasteiger partial charge is 0.154 e. The molecule has 0 aromatic rings. The third-order valence-corrected chi connectivity index (χ3v) is 4.90. The second-order valence-electron chi connectivity index (χ2n) is 2.77. The third kappa shape index (κ3) is 1.24. The first kappa shape index (κ1) is 7.42. The average molecular weight is 192 g/mol. The number of sulfone groups is 1. The van der Waals surface area contributed by atoms with E-state index < -0.39 is 9.84 Å². The van der Waals surface area contributed by atoms with Crippen molar-refractivity contribution >= 4 is 26.8 Å². The second-order valence-corrected chi connectivity index (χ2v) is 6.18. The number of fused-ring (bicyclic) bond motifs is 1. The van der Waals surface area contributed by atoms with Gasteiger partial charge in [-0.3, -0.25) is 4.99 Å². The quantitative estimate of drug-likeness (QED) is 0.546. The Morgan fingerprint density at radius 1 is 1.55 bits per heavy atom. The van der Waals surface area contributed by atoms with Crippen molar-refractivity contribution in [1.29, 1.82) is 0 Å². The molecule has 0 aromatic heterocycles. The average Bonchev–Trinajstić information content (AvgIpc) is 2.17. The van der Waals surface area contributed by atoms with Gasteiger partial charge >= 0.3 is 0 Å². The topological polar surface area (TPSA) is 72.5 Å². The summed E-state index contributed by atoms with van der Waals surface area (Å²) in [5, 5.41) is 0.634. The molecular weight excluding hydrogens is 184 g/mol. The zero-order valence-electron chi connectivity index (χ0n) is 5.73. The Balaban J connectivity index is 2.26. The van der Waals surface area contributed by atoms with Crippen LogP contribution in [-0.4, -0.2) is 36.4 Å². The van der Waals surface area contributed by atoms with E-state index in [1.54, 1.807) is 0 Å². The molecule has 0 radical (unpaired) electrons. The lowest BCUT2D eigenvalue weighted by molar-refractivity contribution is 0.601. The van der Waals surface area contributed by atoms with Gasteiger partial charge in [-0.15, -0.1) is 0 Å². The molecule has 0 saturated carbocycles. The molecule has 2 atom stereocenters. The van der Waals surface area contributed by atoms with Gasteiger partial charge in [0.15, 0.2) is 15.0 Å². The van der Waals surface area contributed by atoms with Crippen molar-refractivity contribution in [2.24, 2.45) is 10.7 Å². The first-order valence-electron chi connectivity index (χ1n) is 3.27. The summed E-state index contributed by atoms with van der Waals surface area (Å²) in [6.45, 7) is 0. The summed E-state index contributed by atoms with van der Waals surface area (Å²) in [7, 11) is -2.81. The van der Waals surface area contributed by atoms with Gasteiger partial charge in [0.05, 0.1) is 17.5 Å². The zero-order valence-corrected chi connectivity index (χ0v) is 7.36. The summed E-state index contributed by atoms with van der Waals surface area (Å²) in [6, 6.07) is -0.0648. The van der Waals surface area contributed by atoms with Crippen LogP contribution >= 0.6 is 11.8 Å². The molecule has 0 spiro atoms. The fraction of sp³-hybridized carbons (Fsp3) is 0.800. The highest BCUT2D eigenvalue weighted by atomic mass is 32.2. The number of hydrogen-bond donors (Lipinski definition) is 1. The molecule has 2 aliphatic rings. The zero-order chi connectivity index (χ0) is 8.06. The van der Waals surface area contributed by atoms with E-state index in [-0.39, 0.29) is 22.8 Å². The normalized spacial score (nSPS) is 40.2. The van der Waals surface area contributed by atoms with Gasteiger partial charge in [-0.25, -0.2) is 8.42 Å². The lowest BCUT2D eigenvalue weighted by atomic mass is 10.3. The summed E-state index contributed by atoms with van der Waals surface area (Å²) >= 11 is 1.39. The van der Waals surface area contributed by atoms with Crippen molar-refractivity contribution in [2.45, 2.75) is 11.3 Å². The molecule has 4 nitrogen and oxygen atoms in total. The highest BCUT2D eigenvalue weighted by Gasteiger charge is 2.41. The monoisotopic (exact) mass is 192 g/mol. The van der Waals surface area contributed by atoms with Gasteiger partial charge < -0.3 is 5.73 Å². The number of aliphatic imine (C=N–C) groups is 1. The molecule has 62 valence electrons. The van der Waals surface area contributed by atoms with Gasteiger partial charge in [-0.2, -0.15) is 0 Å². The van der Waals surface area contributed by atoms with Crippen LogP contribution in [0.25, 0.3) is 0 Å². The number of hydrogen-bond acceptors (Lipinski definition) is 5. The Morgan fingerprint density at radius 2 is 2.27 bits per heavy atom. The molecular formula is C5H8N2O2S2. The van der Waals surface area contributed by atoms with Crippen LogP contribution < -0.4 is 5.73 Å². The molecule has 0 unspecified atom stereocenters. The first-order valence-corrected chi connectivity index (χ1v) is 5.97. The minimum atomic E-state index is -2.81. The highest BCUT2D eigenvalue weighted by molar-refractivity contribution is 8.15. The molecule has 0 aliphatic carbocycles. The summed E-state index contributed by atoms with van der Waals surface area (Å²) in [5.41, 5.74) is 5.43. The number of amidine groups is 1. The summed E-state index contributed by atoms with van der Waals surface area (Å²) in [4.78, 5) is 4.02. The molecule has 2 heterocycles. The Labute approximate surface area is 69.2 Å². The van der Waals surface area contributed by atoms with E-state index in [2.05, 4.69) is 4.99 Å². The van der Waals surface area contributed by atoms with E-state index in [9.17, 15) is 8.42 Å². The molecule has 0 aromatic carbocycles. The van der Waals surface area contributed by atoms with Gasteiger partial charge in [0.1, 0.15) is 0 Å². The standard InChI is InChI=1S/C5H8N2O2S2/c6-5-7-3-1-11(8,9)2-4(3)10-5/h3-4H,1-2H2,(H2,6,7)/t3-,4+/m1/s1. The number of nitrogens with two attached hydrogens (primary N) is 1. The van der Waals surface area contributed by atoms with E-state index in [0.717, 1.165) is 0 Å². The maximum absolute atomic E-state index is 11.0. The van der Waals surface area contributed by atoms with Crippen LogP contribution in [0.4, 0.5) is 0 Å². The van der Waals surface area contributed by atoms with Crippen LogP contribution in [0.2, 0.25) is 0 Å². The molecule has 2 aliphatic heterocycles. The van der Waals surface area contributed by atoms with E-state index in [1.165, 1.54) is 11.8 Å². The predicted octanol–water partition coefficient (Wildman–Crippen LogP) is -0.786. The fourth-order valence-corrected chi connectivity index (χ4v) is 4.90. The molecule has 1 fully saturated rings. The van der Waals surface area contributed by atoms with Crippen LogP contribution in [0.1, 0.15) is 0 Å². The van der Waals surface area contributed by atoms with Crippen molar-refractivity contribution < 1.29 is 8.42 Å². The maximum atomic E-state index is 11.0. The largest absolute Gasteiger partial charge is 0.379 e. The lowest BCUT2D eigenvalue weighted by Gasteiger charge is -1.99. The number of rotatable bonds is 0. The number of thioether (sulfide) groups is 1. The number of nitrogens with zero attached hydrogens (tertiary/aromatic N) is 1. The van der Waals surface area contributed by atoms with E-state index in [4.69, 9.17) is 5.73 Å². The molecule has 0 amide bonds. The highest BCUT2D eigenvalue weighted by Crippen LogP contribution is 2.32. The third-order valence-electron chi connectivity index (χ3n) is 1.84. The molecule has 11 heavy (non-hydrogen) atoms. The van der Waals surface area contributed by atoms with Gasteiger partial charge in [0.2, 0.25) is 0 Å². The van der Waals surface area contributed by atoms with E-state index in [1.807, 2.05) is 0 Å². The van der Waals surface area contributed by atoms with Crippen molar-refractivity contribution in [2.75, 3.05) is 11.5 Å². The Morgan fingerprint density at radius 3 is 2.91 bits per heavy atom. The van der Waals surface area contributed by atoms with Crippen molar-refractivity contribution in [3.05, 3.63) is 0 Å². The van der Waals surface area contributed by atoms with Crippen LogP contribution in [-0.2, 0) is 9.84 Å². The predicted molar refractivity (Wildman–Crippen MR) is 45.4 cm³/mol. The summed E-state index contributed by atoms with van der Waals surface area (Å²) in [6.07, 6.45) is 0. The molecule has 2 N–H and O–H groups in total. The molecule has 2 rings (SSSR count). The van der Waals surface area contributed by atoms with Crippen LogP contribution in [0.3, 0.4) is 0 Å². The van der Waals surface area contributed by atoms with Crippen molar-refractivity contribution in [3.8, 4) is 0 Å². The van der Waals surface area contributed by atoms with Gasteiger partial charge in [0, 0.05) is 5.25 Å². The van der Waals surface area contributed by atoms with E-state index in [0.29, 0.717) is 5.17 Å². The van der Waals surface area contributed by atoms with E-state index >= 15 is 0 Å². The minimum Gasteiger partial charge on any atom is -0.379 e. The first-order chi connectivity index (χ1) is 5.07. The molecule has 6 heteroatoms. The lowest BCUT2D eigenvalue weighted by Crippen LogP contribution is -2.13. The maximum Gasteiger partial charge on any atom is 0.154 e. The fourth-order valence-electron chi connectivity index (χ4n) is 1.38. The van der Waals surface area contributed by atoms with Gasteiger partial charge in [0.25, 0.3) is 0 Å². The van der Waals surface area contributed by atoms with Crippen LogP contribution in [0, 0.1) is 0 Å². The molecule has 0 bridgehead atoms. The minimum absolute atomic E-state index is 0.0648. The second kappa shape index (κ2) is 2.13. The SMILES string of the molecule is NC1=N[C@@H]2CS(=O)(=O)C[C@@H]2S1. The Hall–Kier alpha value is -0.230. The van der Waals surface area contributed by atoms with Crippen LogP contribution in [0.15, 0.2) is 4.99 Å². The van der Waals surface area contributed by atoms with Gasteiger partial charge in [-0.1, -0.05) is 11.8 Å². The van der Waals surface area contributed by atoms with Crippen LogP contribution in [0.5, 0.6) is 0 Å². The Bertz CT molecular complexity index is 308. The van der Waals surface area contributed by atoms with Crippen molar-refractivity contribution in [3.63, 3.8) is 0 Å². The Kier molecular flexibility index (Phi) is 1.44. The summed E-state index contributed by atoms with van der Waals surface area (Å²) < 4.78 is 22.1.